The molecule has 0 aliphatic rings. The zero-order chi connectivity index (χ0) is 16.7. The molecule has 0 radical (unpaired) electrons. The molecule has 0 aliphatic heterocycles. The SMILES string of the molecule is CC(NC(=O)c1nn(C)c2ccccc12)c1nnc2ccccn12. The number of para-hydroxylation sites is 1. The Morgan fingerprint density at radius 3 is 2.79 bits per heavy atom. The van der Waals surface area contributed by atoms with Gasteiger partial charge in [0.2, 0.25) is 0 Å². The Kier molecular flexibility index (Phi) is 3.26. The van der Waals surface area contributed by atoms with Crippen molar-refractivity contribution in [3.05, 3.63) is 60.2 Å². The third-order valence-electron chi connectivity index (χ3n) is 4.05. The van der Waals surface area contributed by atoms with Gasteiger partial charge in [0, 0.05) is 18.6 Å². The minimum Gasteiger partial charge on any atom is -0.341 e. The van der Waals surface area contributed by atoms with Gasteiger partial charge in [0.15, 0.2) is 17.2 Å². The standard InChI is InChI=1S/C17H16N6O/c1-11(16-20-19-14-9-5-6-10-23(14)16)18-17(24)15-12-7-3-4-8-13(12)22(2)21-15/h3-11H,1-2H3,(H,18,24). The van der Waals surface area contributed by atoms with E-state index in [1.54, 1.807) is 4.68 Å². The molecule has 4 aromatic rings. The van der Waals surface area contributed by atoms with Gasteiger partial charge in [-0.3, -0.25) is 13.9 Å². The topological polar surface area (TPSA) is 77.1 Å². The zero-order valence-corrected chi connectivity index (χ0v) is 13.3. The monoisotopic (exact) mass is 320 g/mol. The van der Waals surface area contributed by atoms with Gasteiger partial charge in [0.25, 0.3) is 5.91 Å². The number of benzene rings is 1. The molecular weight excluding hydrogens is 304 g/mol. The zero-order valence-electron chi connectivity index (χ0n) is 13.3. The van der Waals surface area contributed by atoms with Gasteiger partial charge in [0.05, 0.1) is 11.6 Å². The summed E-state index contributed by atoms with van der Waals surface area (Å²) in [5.74, 6) is 0.450. The Morgan fingerprint density at radius 2 is 1.92 bits per heavy atom. The lowest BCUT2D eigenvalue weighted by Gasteiger charge is -2.11. The van der Waals surface area contributed by atoms with Crippen LogP contribution in [0.5, 0.6) is 0 Å². The highest BCUT2D eigenvalue weighted by atomic mass is 16.2. The van der Waals surface area contributed by atoms with Crippen LogP contribution in [-0.4, -0.2) is 30.3 Å². The number of nitrogens with one attached hydrogen (secondary N) is 1. The van der Waals surface area contributed by atoms with Crippen molar-refractivity contribution in [2.75, 3.05) is 0 Å². The van der Waals surface area contributed by atoms with Crippen LogP contribution in [0.1, 0.15) is 29.3 Å². The highest BCUT2D eigenvalue weighted by Gasteiger charge is 2.20. The molecule has 0 bridgehead atoms. The minimum atomic E-state index is -0.296. The lowest BCUT2D eigenvalue weighted by atomic mass is 10.2. The maximum atomic E-state index is 12.7. The van der Waals surface area contributed by atoms with E-state index in [4.69, 9.17) is 0 Å². The summed E-state index contributed by atoms with van der Waals surface area (Å²) in [5, 5.41) is 16.4. The highest BCUT2D eigenvalue weighted by Crippen LogP contribution is 2.19. The van der Waals surface area contributed by atoms with Crippen molar-refractivity contribution in [3.63, 3.8) is 0 Å². The Bertz CT molecular complexity index is 1050. The number of amides is 1. The van der Waals surface area contributed by atoms with Crippen LogP contribution >= 0.6 is 0 Å². The van der Waals surface area contributed by atoms with Gasteiger partial charge in [-0.25, -0.2) is 0 Å². The Balaban J connectivity index is 1.66. The van der Waals surface area contributed by atoms with E-state index in [9.17, 15) is 4.79 Å². The Morgan fingerprint density at radius 1 is 1.12 bits per heavy atom. The molecule has 1 unspecified atom stereocenters. The number of hydrogen-bond donors (Lipinski definition) is 1. The second-order valence-electron chi connectivity index (χ2n) is 5.67. The van der Waals surface area contributed by atoms with E-state index in [0.29, 0.717) is 11.5 Å². The first-order chi connectivity index (χ1) is 11.6. The fourth-order valence-electron chi connectivity index (χ4n) is 2.87. The predicted octanol–water partition coefficient (Wildman–Crippen LogP) is 2.11. The van der Waals surface area contributed by atoms with E-state index < -0.39 is 0 Å². The number of hydrogen-bond acceptors (Lipinski definition) is 4. The normalized spacial score (nSPS) is 12.6. The lowest BCUT2D eigenvalue weighted by molar-refractivity contribution is 0.0934. The number of aromatic nitrogens is 5. The molecule has 24 heavy (non-hydrogen) atoms. The summed E-state index contributed by atoms with van der Waals surface area (Å²) in [6, 6.07) is 13.0. The predicted molar refractivity (Wildman–Crippen MR) is 89.6 cm³/mol. The Labute approximate surface area is 137 Å². The number of aryl methyl sites for hydroxylation is 1. The van der Waals surface area contributed by atoms with Gasteiger partial charge in [-0.1, -0.05) is 24.3 Å². The third-order valence-corrected chi connectivity index (χ3v) is 4.05. The molecule has 0 aliphatic carbocycles. The fourth-order valence-corrected chi connectivity index (χ4v) is 2.87. The van der Waals surface area contributed by atoms with Gasteiger partial charge < -0.3 is 5.32 Å². The van der Waals surface area contributed by atoms with Crippen LogP contribution in [0.3, 0.4) is 0 Å². The van der Waals surface area contributed by atoms with E-state index in [2.05, 4.69) is 20.6 Å². The molecule has 1 N–H and O–H groups in total. The summed E-state index contributed by atoms with van der Waals surface area (Å²) in [4.78, 5) is 12.7. The maximum absolute atomic E-state index is 12.7. The second-order valence-corrected chi connectivity index (χ2v) is 5.67. The van der Waals surface area contributed by atoms with E-state index in [1.165, 1.54) is 0 Å². The lowest BCUT2D eigenvalue weighted by Crippen LogP contribution is -2.28. The molecule has 0 saturated carbocycles. The van der Waals surface area contributed by atoms with Crippen LogP contribution in [0, 0.1) is 0 Å². The molecule has 3 aromatic heterocycles. The van der Waals surface area contributed by atoms with Crippen LogP contribution in [-0.2, 0) is 7.05 Å². The van der Waals surface area contributed by atoms with E-state index in [1.807, 2.05) is 67.0 Å². The van der Waals surface area contributed by atoms with Crippen LogP contribution < -0.4 is 5.32 Å². The summed E-state index contributed by atoms with van der Waals surface area (Å²) >= 11 is 0. The molecule has 0 saturated heterocycles. The van der Waals surface area contributed by atoms with Crippen molar-refractivity contribution in [1.29, 1.82) is 0 Å². The summed E-state index contributed by atoms with van der Waals surface area (Å²) in [5.41, 5.74) is 2.08. The first-order valence-electron chi connectivity index (χ1n) is 7.67. The first kappa shape index (κ1) is 14.4. The maximum Gasteiger partial charge on any atom is 0.273 e. The summed E-state index contributed by atoms with van der Waals surface area (Å²) < 4.78 is 3.57. The van der Waals surface area contributed by atoms with Gasteiger partial charge >= 0.3 is 0 Å². The average molecular weight is 320 g/mol. The molecule has 7 nitrogen and oxygen atoms in total. The molecule has 1 atom stereocenters. The van der Waals surface area contributed by atoms with Crippen molar-refractivity contribution in [2.45, 2.75) is 13.0 Å². The number of rotatable bonds is 3. The van der Waals surface area contributed by atoms with Crippen molar-refractivity contribution in [3.8, 4) is 0 Å². The number of pyridine rings is 1. The van der Waals surface area contributed by atoms with Crippen molar-refractivity contribution >= 4 is 22.5 Å². The van der Waals surface area contributed by atoms with E-state index in [0.717, 1.165) is 16.6 Å². The van der Waals surface area contributed by atoms with Crippen molar-refractivity contribution in [2.24, 2.45) is 7.05 Å². The number of carbonyl (C=O) groups excluding carboxylic acids is 1. The highest BCUT2D eigenvalue weighted by molar-refractivity contribution is 6.04. The van der Waals surface area contributed by atoms with Gasteiger partial charge in [-0.15, -0.1) is 10.2 Å². The Hall–Kier alpha value is -3.22. The largest absolute Gasteiger partial charge is 0.341 e. The first-order valence-corrected chi connectivity index (χ1v) is 7.67. The average Bonchev–Trinajstić information content (AvgIpc) is 3.17. The van der Waals surface area contributed by atoms with Crippen LogP contribution in [0.25, 0.3) is 16.6 Å². The van der Waals surface area contributed by atoms with Gasteiger partial charge in [-0.05, 0) is 25.1 Å². The molecule has 0 spiro atoms. The van der Waals surface area contributed by atoms with Gasteiger partial charge in [0.1, 0.15) is 0 Å². The number of fused-ring (bicyclic) bond motifs is 2. The molecule has 0 fully saturated rings. The molecule has 7 heteroatoms. The molecule has 120 valence electrons. The number of carbonyl (C=O) groups is 1. The minimum absolute atomic E-state index is 0.230. The van der Waals surface area contributed by atoms with Crippen LogP contribution in [0.15, 0.2) is 48.7 Å². The van der Waals surface area contributed by atoms with Crippen molar-refractivity contribution < 1.29 is 4.79 Å². The second kappa shape index (κ2) is 5.45. The number of nitrogens with zero attached hydrogens (tertiary/aromatic N) is 5. The fraction of sp³-hybridized carbons (Fsp3) is 0.176. The van der Waals surface area contributed by atoms with Crippen LogP contribution in [0.4, 0.5) is 0 Å². The summed E-state index contributed by atoms with van der Waals surface area (Å²) in [6.45, 7) is 1.88. The summed E-state index contributed by atoms with van der Waals surface area (Å²) in [6.07, 6.45) is 1.88. The molecular formula is C17H16N6O. The summed E-state index contributed by atoms with van der Waals surface area (Å²) in [7, 11) is 1.83. The molecule has 1 aromatic carbocycles. The quantitative estimate of drug-likeness (QED) is 0.627. The van der Waals surface area contributed by atoms with E-state index in [-0.39, 0.29) is 11.9 Å². The smallest absolute Gasteiger partial charge is 0.273 e. The molecule has 3 heterocycles. The van der Waals surface area contributed by atoms with E-state index >= 15 is 0 Å². The third kappa shape index (κ3) is 2.21. The molecule has 4 rings (SSSR count). The molecule has 1 amide bonds. The van der Waals surface area contributed by atoms with Crippen molar-refractivity contribution in [1.82, 2.24) is 29.7 Å². The van der Waals surface area contributed by atoms with Gasteiger partial charge in [-0.2, -0.15) is 5.10 Å². The van der Waals surface area contributed by atoms with Crippen LogP contribution in [0.2, 0.25) is 0 Å².